The molecule has 0 bridgehead atoms. The zero-order valence-electron chi connectivity index (χ0n) is 11.7. The third kappa shape index (κ3) is 4.35. The molecule has 1 aromatic heterocycles. The Morgan fingerprint density at radius 2 is 2.28 bits per heavy atom. The Morgan fingerprint density at radius 3 is 2.78 bits per heavy atom. The van der Waals surface area contributed by atoms with E-state index < -0.39 is 0 Å². The smallest absolute Gasteiger partial charge is 0.103 e. The maximum atomic E-state index is 9.03. The Kier molecular flexibility index (Phi) is 5.70. The van der Waals surface area contributed by atoms with Gasteiger partial charge >= 0.3 is 0 Å². The van der Waals surface area contributed by atoms with Crippen LogP contribution in [0.5, 0.6) is 0 Å². The van der Waals surface area contributed by atoms with E-state index in [0.717, 1.165) is 30.7 Å². The molecule has 0 saturated heterocycles. The van der Waals surface area contributed by atoms with Crippen molar-refractivity contribution in [1.29, 1.82) is 5.26 Å². The predicted octanol–water partition coefficient (Wildman–Crippen LogP) is 2.49. The summed E-state index contributed by atoms with van der Waals surface area (Å²) in [5.41, 5.74) is 0.681. The van der Waals surface area contributed by atoms with Crippen LogP contribution in [0.25, 0.3) is 0 Å². The first-order chi connectivity index (χ1) is 8.50. The van der Waals surface area contributed by atoms with Crippen molar-refractivity contribution in [3.63, 3.8) is 0 Å². The normalized spacial score (nSPS) is 14.2. The van der Waals surface area contributed by atoms with Crippen LogP contribution in [0, 0.1) is 18.3 Å². The fourth-order valence-electron chi connectivity index (χ4n) is 1.72. The summed E-state index contributed by atoms with van der Waals surface area (Å²) in [5, 5.41) is 17.6. The van der Waals surface area contributed by atoms with Crippen molar-refractivity contribution in [2.45, 2.75) is 43.7 Å². The average Bonchev–Trinajstić information content (AvgIpc) is 2.67. The lowest BCUT2D eigenvalue weighted by Gasteiger charge is -2.20. The highest BCUT2D eigenvalue weighted by atomic mass is 32.2. The number of nitrogens with zero attached hydrogens (tertiary/aromatic N) is 3. The standard InChI is InChI=1S/C13H22N4S/c1-11-9-12(17(4)16-11)18-8-6-5-7-13(2,10-14)15-3/h9,15H,5-8H2,1-4H3. The zero-order chi connectivity index (χ0) is 13.6. The van der Waals surface area contributed by atoms with Crippen LogP contribution in [0.3, 0.4) is 0 Å². The Hall–Kier alpha value is -0.990. The number of aromatic nitrogens is 2. The van der Waals surface area contributed by atoms with Crippen LogP contribution < -0.4 is 5.32 Å². The largest absolute Gasteiger partial charge is 0.303 e. The number of nitrogens with one attached hydrogen (secondary N) is 1. The molecule has 18 heavy (non-hydrogen) atoms. The fraction of sp³-hybridized carbons (Fsp3) is 0.692. The average molecular weight is 266 g/mol. The summed E-state index contributed by atoms with van der Waals surface area (Å²) < 4.78 is 1.92. The molecule has 1 unspecified atom stereocenters. The maximum Gasteiger partial charge on any atom is 0.103 e. The Labute approximate surface area is 114 Å². The van der Waals surface area contributed by atoms with Crippen LogP contribution in [-0.4, -0.2) is 28.1 Å². The lowest BCUT2D eigenvalue weighted by Crippen LogP contribution is -2.37. The van der Waals surface area contributed by atoms with Crippen molar-refractivity contribution in [2.75, 3.05) is 12.8 Å². The minimum Gasteiger partial charge on any atom is -0.303 e. The molecule has 1 aromatic rings. The molecule has 0 radical (unpaired) electrons. The van der Waals surface area contributed by atoms with E-state index in [2.05, 4.69) is 22.6 Å². The summed E-state index contributed by atoms with van der Waals surface area (Å²) in [7, 11) is 3.82. The highest BCUT2D eigenvalue weighted by Gasteiger charge is 2.19. The molecule has 1 N–H and O–H groups in total. The van der Waals surface area contributed by atoms with Crippen molar-refractivity contribution in [1.82, 2.24) is 15.1 Å². The van der Waals surface area contributed by atoms with Crippen LogP contribution in [0.15, 0.2) is 11.1 Å². The van der Waals surface area contributed by atoms with Gasteiger partial charge in [-0.15, -0.1) is 11.8 Å². The molecule has 5 heteroatoms. The predicted molar refractivity (Wildman–Crippen MR) is 75.6 cm³/mol. The molecule has 0 aliphatic heterocycles. The second kappa shape index (κ2) is 6.81. The van der Waals surface area contributed by atoms with Gasteiger partial charge in [-0.05, 0) is 52.0 Å². The number of thioether (sulfide) groups is 1. The molecule has 0 amide bonds. The molecule has 0 spiro atoms. The van der Waals surface area contributed by atoms with Gasteiger partial charge in [0.2, 0.25) is 0 Å². The van der Waals surface area contributed by atoms with Gasteiger partial charge in [0.1, 0.15) is 5.54 Å². The van der Waals surface area contributed by atoms with Crippen LogP contribution in [0.4, 0.5) is 0 Å². The SMILES string of the molecule is CNC(C)(C#N)CCCCSc1cc(C)nn1C. The lowest BCUT2D eigenvalue weighted by atomic mass is 9.97. The van der Waals surface area contributed by atoms with E-state index >= 15 is 0 Å². The molecule has 0 aliphatic rings. The minimum absolute atomic E-state index is 0.381. The highest BCUT2D eigenvalue weighted by molar-refractivity contribution is 7.99. The fourth-order valence-corrected chi connectivity index (χ4v) is 2.76. The first-order valence-corrected chi connectivity index (χ1v) is 7.23. The van der Waals surface area contributed by atoms with Gasteiger partial charge < -0.3 is 5.32 Å². The van der Waals surface area contributed by atoms with E-state index in [1.807, 2.05) is 44.4 Å². The Bertz CT molecular complexity index is 421. The number of nitriles is 1. The van der Waals surface area contributed by atoms with E-state index in [4.69, 9.17) is 5.26 Å². The molecule has 1 heterocycles. The number of aryl methyl sites for hydroxylation is 2. The molecule has 100 valence electrons. The number of hydrogen-bond donors (Lipinski definition) is 1. The monoisotopic (exact) mass is 266 g/mol. The van der Waals surface area contributed by atoms with E-state index in [0.29, 0.717) is 0 Å². The summed E-state index contributed by atoms with van der Waals surface area (Å²) in [4.78, 5) is 0. The molecule has 1 rings (SSSR count). The van der Waals surface area contributed by atoms with Gasteiger partial charge in [-0.25, -0.2) is 0 Å². The molecular weight excluding hydrogens is 244 g/mol. The second-order valence-corrected chi connectivity index (χ2v) is 5.86. The van der Waals surface area contributed by atoms with Crippen molar-refractivity contribution in [3.8, 4) is 6.07 Å². The highest BCUT2D eigenvalue weighted by Crippen LogP contribution is 2.21. The molecule has 4 nitrogen and oxygen atoms in total. The molecule has 0 aliphatic carbocycles. The minimum atomic E-state index is -0.381. The number of unbranched alkanes of at least 4 members (excludes halogenated alkanes) is 1. The molecule has 0 fully saturated rings. The molecule has 1 atom stereocenters. The van der Waals surface area contributed by atoms with Gasteiger partial charge in [-0.3, -0.25) is 4.68 Å². The Morgan fingerprint density at radius 1 is 1.56 bits per heavy atom. The summed E-state index contributed by atoms with van der Waals surface area (Å²) >= 11 is 1.83. The van der Waals surface area contributed by atoms with Crippen molar-refractivity contribution in [2.24, 2.45) is 7.05 Å². The molecular formula is C13H22N4S. The summed E-state index contributed by atoms with van der Waals surface area (Å²) in [5.74, 6) is 1.07. The third-order valence-corrected chi connectivity index (χ3v) is 4.25. The van der Waals surface area contributed by atoms with Crippen molar-refractivity contribution < 1.29 is 0 Å². The van der Waals surface area contributed by atoms with Gasteiger partial charge in [0.05, 0.1) is 16.8 Å². The number of rotatable bonds is 7. The van der Waals surface area contributed by atoms with E-state index in [-0.39, 0.29) is 5.54 Å². The van der Waals surface area contributed by atoms with Crippen LogP contribution in [-0.2, 0) is 7.05 Å². The van der Waals surface area contributed by atoms with Crippen molar-refractivity contribution in [3.05, 3.63) is 11.8 Å². The van der Waals surface area contributed by atoms with Gasteiger partial charge in [0, 0.05) is 7.05 Å². The Balaban J connectivity index is 2.24. The first-order valence-electron chi connectivity index (χ1n) is 6.24. The summed E-state index contributed by atoms with van der Waals surface area (Å²) in [6.07, 6.45) is 3.08. The van der Waals surface area contributed by atoms with E-state index in [1.165, 1.54) is 5.03 Å². The summed E-state index contributed by atoms with van der Waals surface area (Å²) in [6, 6.07) is 4.43. The second-order valence-electron chi connectivity index (χ2n) is 4.75. The van der Waals surface area contributed by atoms with E-state index in [9.17, 15) is 0 Å². The topological polar surface area (TPSA) is 53.6 Å². The third-order valence-electron chi connectivity index (χ3n) is 3.08. The molecule has 0 saturated carbocycles. The first kappa shape index (κ1) is 15.1. The van der Waals surface area contributed by atoms with Gasteiger partial charge in [0.25, 0.3) is 0 Å². The van der Waals surface area contributed by atoms with Gasteiger partial charge in [0.15, 0.2) is 0 Å². The van der Waals surface area contributed by atoms with Crippen LogP contribution in [0.1, 0.15) is 31.9 Å². The maximum absolute atomic E-state index is 9.03. The van der Waals surface area contributed by atoms with Crippen LogP contribution >= 0.6 is 11.8 Å². The van der Waals surface area contributed by atoms with Gasteiger partial charge in [-0.1, -0.05) is 0 Å². The lowest BCUT2D eigenvalue weighted by molar-refractivity contribution is 0.439. The zero-order valence-corrected chi connectivity index (χ0v) is 12.5. The summed E-state index contributed by atoms with van der Waals surface area (Å²) in [6.45, 7) is 3.96. The molecule has 0 aromatic carbocycles. The van der Waals surface area contributed by atoms with Gasteiger partial charge in [-0.2, -0.15) is 10.4 Å². The van der Waals surface area contributed by atoms with Crippen molar-refractivity contribution >= 4 is 11.8 Å². The quantitative estimate of drug-likeness (QED) is 0.608. The van der Waals surface area contributed by atoms with Crippen LogP contribution in [0.2, 0.25) is 0 Å². The number of hydrogen-bond acceptors (Lipinski definition) is 4. The van der Waals surface area contributed by atoms with E-state index in [1.54, 1.807) is 0 Å².